The molecule has 2 N–H and O–H groups in total. The zero-order chi connectivity index (χ0) is 12.6. The van der Waals surface area contributed by atoms with Crippen molar-refractivity contribution < 1.29 is 14.3 Å². The summed E-state index contributed by atoms with van der Waals surface area (Å²) in [7, 11) is 0. The highest BCUT2D eigenvalue weighted by Gasteiger charge is 2.16. The van der Waals surface area contributed by atoms with Gasteiger partial charge in [-0.05, 0) is 24.6 Å². The number of halogens is 2. The van der Waals surface area contributed by atoms with Crippen molar-refractivity contribution in [2.45, 2.75) is 6.92 Å². The van der Waals surface area contributed by atoms with Gasteiger partial charge >= 0.3 is 5.97 Å². The molecule has 0 radical (unpaired) electrons. The summed E-state index contributed by atoms with van der Waals surface area (Å²) in [4.78, 5) is 10.7. The zero-order valence-electron chi connectivity index (χ0n) is 8.79. The van der Waals surface area contributed by atoms with Gasteiger partial charge in [-0.2, -0.15) is 5.10 Å². The first-order chi connectivity index (χ1) is 8.00. The van der Waals surface area contributed by atoms with Crippen molar-refractivity contribution in [3.05, 3.63) is 40.3 Å². The van der Waals surface area contributed by atoms with E-state index in [-0.39, 0.29) is 22.0 Å². The van der Waals surface area contributed by atoms with E-state index in [4.69, 9.17) is 16.7 Å². The number of benzene rings is 1. The highest BCUT2D eigenvalue weighted by molar-refractivity contribution is 6.34. The molecule has 0 aliphatic heterocycles. The van der Waals surface area contributed by atoms with Crippen LogP contribution in [0.25, 0.3) is 11.3 Å². The van der Waals surface area contributed by atoms with Crippen LogP contribution in [0.1, 0.15) is 16.1 Å². The molecular weight excluding hydrogens is 247 g/mol. The first-order valence-corrected chi connectivity index (χ1v) is 5.12. The average Bonchev–Trinajstić information content (AvgIpc) is 2.73. The first-order valence-electron chi connectivity index (χ1n) is 4.74. The molecule has 2 rings (SSSR count). The van der Waals surface area contributed by atoms with E-state index >= 15 is 0 Å². The molecule has 0 fully saturated rings. The van der Waals surface area contributed by atoms with Crippen LogP contribution >= 0.6 is 11.6 Å². The molecule has 0 saturated heterocycles. The predicted molar refractivity (Wildman–Crippen MR) is 60.7 cm³/mol. The summed E-state index contributed by atoms with van der Waals surface area (Å²) in [5.41, 5.74) is 0.865. The smallest absolute Gasteiger partial charge is 0.353 e. The Balaban J connectivity index is 2.60. The third-order valence-electron chi connectivity index (χ3n) is 2.35. The Kier molecular flexibility index (Phi) is 2.85. The predicted octanol–water partition coefficient (Wildman–Crippen LogP) is 2.88. The number of hydrogen-bond acceptors (Lipinski definition) is 2. The molecule has 2 aromatic rings. The topological polar surface area (TPSA) is 66.0 Å². The number of aromatic carboxylic acids is 1. The van der Waals surface area contributed by atoms with E-state index in [0.29, 0.717) is 5.56 Å². The third-order valence-corrected chi connectivity index (χ3v) is 2.84. The number of hydrogen-bond donors (Lipinski definition) is 2. The highest BCUT2D eigenvalue weighted by Crippen LogP contribution is 2.32. The van der Waals surface area contributed by atoms with Crippen LogP contribution in [0.3, 0.4) is 0 Å². The minimum Gasteiger partial charge on any atom is -0.477 e. The molecular formula is C11H8ClFN2O2. The van der Waals surface area contributed by atoms with Crippen molar-refractivity contribution in [2.24, 2.45) is 0 Å². The molecule has 88 valence electrons. The SMILES string of the molecule is Cc1ccc(F)c(-c2cc(C(=O)O)[nH]n2)c1Cl. The fourth-order valence-corrected chi connectivity index (χ4v) is 1.70. The van der Waals surface area contributed by atoms with E-state index in [1.165, 1.54) is 12.1 Å². The summed E-state index contributed by atoms with van der Waals surface area (Å²) in [6.45, 7) is 1.73. The number of rotatable bonds is 2. The van der Waals surface area contributed by atoms with Gasteiger partial charge in [-0.3, -0.25) is 5.10 Å². The number of aromatic amines is 1. The van der Waals surface area contributed by atoms with Crippen LogP contribution in [0, 0.1) is 12.7 Å². The van der Waals surface area contributed by atoms with Gasteiger partial charge in [0, 0.05) is 0 Å². The minimum absolute atomic E-state index is 0.107. The molecule has 0 aliphatic carbocycles. The number of carbonyl (C=O) groups is 1. The maximum atomic E-state index is 13.6. The molecule has 0 saturated carbocycles. The molecule has 0 unspecified atom stereocenters. The number of nitrogens with zero attached hydrogens (tertiary/aromatic N) is 1. The summed E-state index contributed by atoms with van der Waals surface area (Å²) >= 11 is 5.98. The lowest BCUT2D eigenvalue weighted by molar-refractivity contribution is 0.0690. The summed E-state index contributed by atoms with van der Waals surface area (Å²) < 4.78 is 13.6. The van der Waals surface area contributed by atoms with E-state index in [9.17, 15) is 9.18 Å². The lowest BCUT2D eigenvalue weighted by atomic mass is 10.1. The Labute approximate surface area is 101 Å². The molecule has 0 atom stereocenters. The van der Waals surface area contributed by atoms with Crippen LogP contribution in [-0.4, -0.2) is 21.3 Å². The zero-order valence-corrected chi connectivity index (χ0v) is 9.55. The standard InChI is InChI=1S/C11H8ClFN2O2/c1-5-2-3-6(13)9(10(5)12)7-4-8(11(16)17)15-14-7/h2-4H,1H3,(H,14,15)(H,16,17). The lowest BCUT2D eigenvalue weighted by Gasteiger charge is -2.05. The molecule has 1 aromatic heterocycles. The van der Waals surface area contributed by atoms with Gasteiger partial charge in [0.05, 0.1) is 16.3 Å². The van der Waals surface area contributed by atoms with Crippen molar-refractivity contribution in [2.75, 3.05) is 0 Å². The number of carboxylic acids is 1. The van der Waals surface area contributed by atoms with Crippen LogP contribution in [0.15, 0.2) is 18.2 Å². The Morgan fingerprint density at radius 3 is 2.82 bits per heavy atom. The van der Waals surface area contributed by atoms with Gasteiger partial charge in [-0.25, -0.2) is 9.18 Å². The molecule has 17 heavy (non-hydrogen) atoms. The van der Waals surface area contributed by atoms with Crippen molar-refractivity contribution in [1.82, 2.24) is 10.2 Å². The maximum Gasteiger partial charge on any atom is 0.353 e. The Morgan fingerprint density at radius 2 is 2.24 bits per heavy atom. The van der Waals surface area contributed by atoms with E-state index in [1.54, 1.807) is 13.0 Å². The number of carboxylic acid groups (broad SMARTS) is 1. The summed E-state index contributed by atoms with van der Waals surface area (Å²) in [5, 5.41) is 15.0. The van der Waals surface area contributed by atoms with Crippen LogP contribution < -0.4 is 0 Å². The summed E-state index contributed by atoms with van der Waals surface area (Å²) in [5.74, 6) is -1.70. The molecule has 0 amide bonds. The number of nitrogens with one attached hydrogen (secondary N) is 1. The van der Waals surface area contributed by atoms with E-state index < -0.39 is 11.8 Å². The van der Waals surface area contributed by atoms with Crippen LogP contribution in [0.2, 0.25) is 5.02 Å². The monoisotopic (exact) mass is 254 g/mol. The maximum absolute atomic E-state index is 13.6. The number of H-pyrrole nitrogens is 1. The van der Waals surface area contributed by atoms with Crippen molar-refractivity contribution in [1.29, 1.82) is 0 Å². The third kappa shape index (κ3) is 2.01. The Bertz CT molecular complexity index is 595. The van der Waals surface area contributed by atoms with Gasteiger partial charge in [0.1, 0.15) is 11.5 Å². The van der Waals surface area contributed by atoms with Crippen molar-refractivity contribution in [3.63, 3.8) is 0 Å². The van der Waals surface area contributed by atoms with E-state index in [0.717, 1.165) is 0 Å². The summed E-state index contributed by atoms with van der Waals surface area (Å²) in [6, 6.07) is 4.06. The first kappa shape index (κ1) is 11.6. The Morgan fingerprint density at radius 1 is 1.53 bits per heavy atom. The fraction of sp³-hybridized carbons (Fsp3) is 0.0909. The number of aromatic nitrogens is 2. The molecule has 0 aliphatic rings. The number of aryl methyl sites for hydroxylation is 1. The molecule has 4 nitrogen and oxygen atoms in total. The lowest BCUT2D eigenvalue weighted by Crippen LogP contribution is -1.95. The normalized spacial score (nSPS) is 10.5. The minimum atomic E-state index is -1.16. The van der Waals surface area contributed by atoms with Gasteiger partial charge in [0.15, 0.2) is 0 Å². The fourth-order valence-electron chi connectivity index (χ4n) is 1.45. The van der Waals surface area contributed by atoms with E-state index in [1.807, 2.05) is 0 Å². The van der Waals surface area contributed by atoms with Crippen LogP contribution in [0.5, 0.6) is 0 Å². The van der Waals surface area contributed by atoms with Gasteiger partial charge in [0.25, 0.3) is 0 Å². The second-order valence-electron chi connectivity index (χ2n) is 3.53. The van der Waals surface area contributed by atoms with E-state index in [2.05, 4.69) is 10.2 Å². The second-order valence-corrected chi connectivity index (χ2v) is 3.90. The quantitative estimate of drug-likeness (QED) is 0.866. The van der Waals surface area contributed by atoms with Gasteiger partial charge < -0.3 is 5.11 Å². The van der Waals surface area contributed by atoms with Gasteiger partial charge in [-0.1, -0.05) is 17.7 Å². The molecule has 1 heterocycles. The molecule has 6 heteroatoms. The van der Waals surface area contributed by atoms with Crippen molar-refractivity contribution >= 4 is 17.6 Å². The Hall–Kier alpha value is -1.88. The van der Waals surface area contributed by atoms with Gasteiger partial charge in [0.2, 0.25) is 0 Å². The second kappa shape index (κ2) is 4.18. The van der Waals surface area contributed by atoms with Crippen LogP contribution in [0.4, 0.5) is 4.39 Å². The van der Waals surface area contributed by atoms with Crippen LogP contribution in [-0.2, 0) is 0 Å². The van der Waals surface area contributed by atoms with Crippen molar-refractivity contribution in [3.8, 4) is 11.3 Å². The molecule has 0 spiro atoms. The largest absolute Gasteiger partial charge is 0.477 e. The highest BCUT2D eigenvalue weighted by atomic mass is 35.5. The molecule has 0 bridgehead atoms. The van der Waals surface area contributed by atoms with Gasteiger partial charge in [-0.15, -0.1) is 0 Å². The average molecular weight is 255 g/mol. The summed E-state index contributed by atoms with van der Waals surface area (Å²) in [6.07, 6.45) is 0. The molecule has 1 aromatic carbocycles.